The molecule has 0 aromatic heterocycles. The summed E-state index contributed by atoms with van der Waals surface area (Å²) in [6.45, 7) is 48.5. The van der Waals surface area contributed by atoms with Crippen LogP contribution in [0.3, 0.4) is 0 Å². The van der Waals surface area contributed by atoms with Crippen molar-refractivity contribution in [2.45, 2.75) is 334 Å². The van der Waals surface area contributed by atoms with Gasteiger partial charge in [-0.3, -0.25) is 0 Å². The summed E-state index contributed by atoms with van der Waals surface area (Å²) in [5.74, 6) is 6.53. The van der Waals surface area contributed by atoms with Crippen molar-refractivity contribution in [1.29, 1.82) is 0 Å². The normalized spacial score (nSPS) is 26.4. The molecule has 7 aromatic carbocycles. The highest BCUT2D eigenvalue weighted by molar-refractivity contribution is 9.10. The molecule has 2 amide bonds. The number of carbonyl (C=O) groups is 5. The van der Waals surface area contributed by atoms with E-state index in [0.717, 1.165) is 83.4 Å². The van der Waals surface area contributed by atoms with Gasteiger partial charge in [0.2, 0.25) is 0 Å². The van der Waals surface area contributed by atoms with Gasteiger partial charge in [-0.05, 0) is 263 Å². The second-order valence-electron chi connectivity index (χ2n) is 41.6. The summed E-state index contributed by atoms with van der Waals surface area (Å²) in [4.78, 5) is 58.2. The fraction of sp³-hybridized carbons (Fsp3) is 0.565. The molecule has 7 aromatic rings. The number of amides is 2. The third-order valence-electron chi connectivity index (χ3n) is 27.2. The number of nitrogens with one attached hydrogen (secondary N) is 2. The number of benzene rings is 7. The first-order valence-electron chi connectivity index (χ1n) is 46.7. The number of hydrogen-bond acceptors (Lipinski definition) is 16. The molecule has 129 heavy (non-hydrogen) atoms. The van der Waals surface area contributed by atoms with Gasteiger partial charge in [0.1, 0.15) is 54.7 Å². The molecule has 4 N–H and O–H groups in total. The summed E-state index contributed by atoms with van der Waals surface area (Å²) >= 11 is 3.32. The Labute approximate surface area is 783 Å². The lowest BCUT2D eigenvalue weighted by Gasteiger charge is -2.45. The van der Waals surface area contributed by atoms with E-state index in [2.05, 4.69) is 259 Å². The molecule has 0 bridgehead atoms. The van der Waals surface area contributed by atoms with Crippen LogP contribution in [0.4, 0.5) is 9.59 Å². The van der Waals surface area contributed by atoms with E-state index < -0.39 is 40.0 Å². The van der Waals surface area contributed by atoms with E-state index in [9.17, 15) is 24.0 Å². The number of esters is 3. The van der Waals surface area contributed by atoms with Crippen LogP contribution in [0.5, 0.6) is 11.5 Å². The summed E-state index contributed by atoms with van der Waals surface area (Å²) in [5, 5.41) is 29.9. The van der Waals surface area contributed by atoms with Gasteiger partial charge in [-0.1, -0.05) is 263 Å². The number of cyclic esters (lactones) is 3. The van der Waals surface area contributed by atoms with Crippen LogP contribution in [-0.2, 0) is 52.4 Å². The molecule has 4 unspecified atom stereocenters. The van der Waals surface area contributed by atoms with Crippen molar-refractivity contribution in [3.05, 3.63) is 214 Å². The summed E-state index contributed by atoms with van der Waals surface area (Å²) in [6.07, 6.45) is 12.6. The second-order valence-corrected chi connectivity index (χ2v) is 51.1. The third-order valence-corrected chi connectivity index (χ3v) is 37.8. The molecule has 3 heterocycles. The van der Waals surface area contributed by atoms with Gasteiger partial charge < -0.3 is 62.9 Å². The molecular weight excluding hydrogens is 1720 g/mol. The molecule has 18 atom stereocenters. The van der Waals surface area contributed by atoms with Crippen LogP contribution in [0.15, 0.2) is 180 Å². The highest BCUT2D eigenvalue weighted by Crippen LogP contribution is 2.45. The maximum Gasteiger partial charge on any atom is 0.408 e. The molecule has 6 fully saturated rings. The van der Waals surface area contributed by atoms with Crippen molar-refractivity contribution in [3.8, 4) is 11.5 Å². The van der Waals surface area contributed by atoms with Gasteiger partial charge in [0.25, 0.3) is 16.6 Å². The third kappa shape index (κ3) is 28.0. The Balaban J connectivity index is 0.000000192. The van der Waals surface area contributed by atoms with E-state index in [0.29, 0.717) is 82.5 Å². The first-order valence-corrected chi connectivity index (χ1v) is 51.3. The first kappa shape index (κ1) is 106. The smallest absolute Gasteiger partial charge is 0.408 e. The topological polar surface area (TPSA) is 233 Å². The molecule has 9 aliphatic rings. The Morgan fingerprint density at radius 1 is 0.372 bits per heavy atom. The van der Waals surface area contributed by atoms with Crippen LogP contribution < -0.4 is 40.9 Å². The number of fused-ring (bicyclic) bond motifs is 3. The average Bonchev–Trinajstić information content (AvgIpc) is 1.67. The van der Waals surface area contributed by atoms with E-state index in [1.54, 1.807) is 30.3 Å². The molecule has 0 radical (unpaired) electrons. The number of rotatable bonds is 14. The Kier molecular flexibility index (Phi) is 38.3. The highest BCUT2D eigenvalue weighted by atomic mass is 79.9. The van der Waals surface area contributed by atoms with Crippen molar-refractivity contribution >= 4 is 83.4 Å². The molecule has 708 valence electrons. The number of alkyl carbamates (subject to hydrolysis) is 2. The van der Waals surface area contributed by atoms with Crippen LogP contribution in [0, 0.1) is 59.2 Å². The van der Waals surface area contributed by atoms with Gasteiger partial charge in [0.15, 0.2) is 0 Å². The van der Waals surface area contributed by atoms with E-state index in [1.807, 2.05) is 65.8 Å². The quantitative estimate of drug-likeness (QED) is 0.0450. The van der Waals surface area contributed by atoms with Crippen molar-refractivity contribution in [1.82, 2.24) is 10.6 Å². The number of carbonyl (C=O) groups excluding carboxylic acids is 5. The monoisotopic (exact) mass is 1870 g/mol. The van der Waals surface area contributed by atoms with Crippen LogP contribution in [0.2, 0.25) is 10.1 Å². The number of hydrogen-bond donors (Lipinski definition) is 4. The number of aliphatic hydroxyl groups excluding tert-OH is 2. The minimum Gasteiger partial charge on any atom is -0.488 e. The summed E-state index contributed by atoms with van der Waals surface area (Å²) < 4.78 is 53.3. The lowest BCUT2D eigenvalue weighted by Crippen LogP contribution is -2.68. The molecular formula is C108H155BrN2O16Si2. The minimum atomic E-state index is -2.39. The highest BCUT2D eigenvalue weighted by Gasteiger charge is 2.55. The zero-order chi connectivity index (χ0) is 92.7. The van der Waals surface area contributed by atoms with Crippen molar-refractivity contribution in [2.24, 2.45) is 59.2 Å². The van der Waals surface area contributed by atoms with Crippen molar-refractivity contribution in [3.63, 3.8) is 0 Å². The zero-order valence-electron chi connectivity index (χ0n) is 79.7. The van der Waals surface area contributed by atoms with E-state index in [4.69, 9.17) is 52.2 Å². The predicted molar refractivity (Wildman–Crippen MR) is 527 cm³/mol. The van der Waals surface area contributed by atoms with E-state index >= 15 is 0 Å². The van der Waals surface area contributed by atoms with E-state index in [1.165, 1.54) is 59.3 Å². The summed E-state index contributed by atoms with van der Waals surface area (Å²) in [5.41, 5.74) is 3.45. The minimum absolute atomic E-state index is 0. The van der Waals surface area contributed by atoms with Crippen LogP contribution in [0.1, 0.15) is 292 Å². The van der Waals surface area contributed by atoms with Crippen LogP contribution >= 0.6 is 15.9 Å². The zero-order valence-corrected chi connectivity index (χ0v) is 83.3. The number of ether oxygens (including phenoxy) is 7. The molecule has 6 aliphatic carbocycles. The SMILES string of the molecule is C.C.CC1CC[C@@H](O)[C@@H]1C.CC1CC[C@@H](O[Si](c2ccccc2)(c2ccccc2)C(C)(C)C)[C@@H]1C.CC1C[C@@H](C)[C@H](O)C1.CC1C[C@@H](C)[C@H](O[Si](c2ccccc2)(c2ccccc2)C(C)(C)C)C1.C[C@@H]1CC[C@H](Oc2ccc3c(c2)COC3=O)[C@H]1NC(=O)OC(C)(C)C.C[C@H]1CC[C@@H](Oc2ccc3c(c2)COC3=O)[C@@H]1NC(=O)OC(C)(C)C.O=C1OCc2cc(Br)ccc21. The lowest BCUT2D eigenvalue weighted by molar-refractivity contribution is 0.0437. The van der Waals surface area contributed by atoms with Crippen LogP contribution in [-0.4, -0.2) is 117 Å². The van der Waals surface area contributed by atoms with Crippen molar-refractivity contribution in [2.75, 3.05) is 0 Å². The van der Waals surface area contributed by atoms with Gasteiger partial charge in [0, 0.05) is 33.4 Å². The molecule has 3 aliphatic heterocycles. The molecule has 0 saturated heterocycles. The Hall–Kier alpha value is -8.16. The lowest BCUT2D eigenvalue weighted by atomic mass is 10.00. The Morgan fingerprint density at radius 2 is 0.705 bits per heavy atom. The largest absolute Gasteiger partial charge is 0.488 e. The maximum atomic E-state index is 12.1. The Bertz CT molecular complexity index is 4400. The standard InChI is InChI=1S/2C23H32OSi.2C19H25NO5.C8H5BrO2.2C7H14O.2CH4/c1-18-16-19(2)22(17-18)24-25(23(3,4)5,20-12-8-6-9-13-20)21-14-10-7-11-15-21;1-18-16-17-22(19(18)2)24-25(23(3,4)5,20-12-8-6-9-13-20)21-14-10-7-11-15-21;2*1-11-5-8-15(16(11)20-18(22)25-19(2,3)4)24-13-6-7-14-12(9-13)10-23-17(14)21;9-6-1-2-7-5(3-6)4-11-8(7)10;1-5-3-6(2)7(8)4-5;1-5-3-4-7(8)6(5)2;;/h2*6-15,18-19,22H,16-17H2,1-5H3;2*6-7,9,11,15-16H,5,8,10H2,1-4H3,(H,20,22);1-3H,4H2;2*5-8H,3-4H2,1-2H3;2*1H4/t2*18?,19-,22-;2*11-,15+,16+;;2*5?,6-,7-;;/m1110.11../s1. The molecule has 21 heteroatoms. The first-order chi connectivity index (χ1) is 59.8. The summed E-state index contributed by atoms with van der Waals surface area (Å²) in [7, 11) is -4.77. The number of aliphatic hydroxyl groups is 2. The van der Waals surface area contributed by atoms with Gasteiger partial charge >= 0.3 is 30.1 Å². The molecule has 16 rings (SSSR count). The second kappa shape index (κ2) is 46.5. The van der Waals surface area contributed by atoms with Gasteiger partial charge in [0.05, 0.1) is 41.0 Å². The molecule has 6 saturated carbocycles. The predicted octanol–water partition coefficient (Wildman–Crippen LogP) is 23.1. The van der Waals surface area contributed by atoms with E-state index in [-0.39, 0.29) is 92.6 Å². The maximum absolute atomic E-state index is 12.1. The van der Waals surface area contributed by atoms with Crippen molar-refractivity contribution < 1.29 is 76.2 Å². The van der Waals surface area contributed by atoms with Gasteiger partial charge in [-0.25, -0.2) is 24.0 Å². The Morgan fingerprint density at radius 3 is 1.00 bits per heavy atom. The summed E-state index contributed by atoms with van der Waals surface area (Å²) in [6, 6.07) is 60.0. The molecule has 0 spiro atoms. The van der Waals surface area contributed by atoms with Gasteiger partial charge in [-0.2, -0.15) is 0 Å². The fourth-order valence-electron chi connectivity index (χ4n) is 19.6. The fourth-order valence-corrected chi connectivity index (χ4v) is 29.6. The average molecular weight is 1870 g/mol. The number of halogens is 1. The molecule has 18 nitrogen and oxygen atoms in total. The van der Waals surface area contributed by atoms with Gasteiger partial charge in [-0.15, -0.1) is 0 Å². The van der Waals surface area contributed by atoms with Crippen LogP contribution in [0.25, 0.3) is 0 Å².